The third kappa shape index (κ3) is 2.98. The van der Waals surface area contributed by atoms with Crippen LogP contribution in [-0.4, -0.2) is 23.6 Å². The molecule has 2 aromatic rings. The number of rotatable bonds is 3. The molecule has 2 aromatic carbocycles. The highest BCUT2D eigenvalue weighted by Crippen LogP contribution is 2.25. The molecule has 1 aliphatic heterocycles. The normalized spacial score (nSPS) is 16.3. The SMILES string of the molecule is O=C(Nc1ccc(CO)cc1)C1CNc2ccccc2N1. The number of nitrogens with one attached hydrogen (secondary N) is 3. The summed E-state index contributed by atoms with van der Waals surface area (Å²) in [5.74, 6) is -0.0891. The monoisotopic (exact) mass is 283 g/mol. The average Bonchev–Trinajstić information content (AvgIpc) is 2.55. The minimum atomic E-state index is -0.322. The smallest absolute Gasteiger partial charge is 0.248 e. The molecule has 0 radical (unpaired) electrons. The summed E-state index contributed by atoms with van der Waals surface area (Å²) in [5, 5.41) is 18.3. The second-order valence-corrected chi connectivity index (χ2v) is 4.97. The number of hydrogen-bond donors (Lipinski definition) is 4. The Labute approximate surface area is 123 Å². The van der Waals surface area contributed by atoms with Gasteiger partial charge < -0.3 is 21.1 Å². The molecule has 1 unspecified atom stereocenters. The lowest BCUT2D eigenvalue weighted by molar-refractivity contribution is -0.116. The molecule has 4 N–H and O–H groups in total. The molecule has 1 amide bonds. The fourth-order valence-electron chi connectivity index (χ4n) is 2.29. The van der Waals surface area contributed by atoms with Crippen LogP contribution in [0.2, 0.25) is 0 Å². The summed E-state index contributed by atoms with van der Waals surface area (Å²) in [6.45, 7) is 0.538. The van der Waals surface area contributed by atoms with Gasteiger partial charge in [0.25, 0.3) is 0 Å². The van der Waals surface area contributed by atoms with Crippen molar-refractivity contribution in [2.75, 3.05) is 22.5 Å². The van der Waals surface area contributed by atoms with Gasteiger partial charge in [0.1, 0.15) is 6.04 Å². The van der Waals surface area contributed by atoms with Crippen LogP contribution in [0.25, 0.3) is 0 Å². The Kier molecular flexibility index (Phi) is 3.75. The summed E-state index contributed by atoms with van der Waals surface area (Å²) in [7, 11) is 0. The third-order valence-corrected chi connectivity index (χ3v) is 3.47. The molecule has 108 valence electrons. The Bertz CT molecular complexity index is 640. The molecule has 1 atom stereocenters. The summed E-state index contributed by atoms with van der Waals surface area (Å²) in [6.07, 6.45) is 0. The first-order valence-electron chi connectivity index (χ1n) is 6.86. The van der Waals surface area contributed by atoms with E-state index in [0.29, 0.717) is 6.54 Å². The van der Waals surface area contributed by atoms with E-state index in [4.69, 9.17) is 5.11 Å². The van der Waals surface area contributed by atoms with Crippen LogP contribution in [0.3, 0.4) is 0 Å². The van der Waals surface area contributed by atoms with E-state index < -0.39 is 0 Å². The maximum absolute atomic E-state index is 12.3. The molecule has 21 heavy (non-hydrogen) atoms. The Morgan fingerprint density at radius 1 is 1.14 bits per heavy atom. The number of fused-ring (bicyclic) bond motifs is 1. The van der Waals surface area contributed by atoms with Crippen molar-refractivity contribution in [2.45, 2.75) is 12.6 Å². The molecule has 0 fully saturated rings. The van der Waals surface area contributed by atoms with E-state index in [1.807, 2.05) is 24.3 Å². The number of carbonyl (C=O) groups excluding carboxylic acids is 1. The minimum Gasteiger partial charge on any atom is -0.392 e. The van der Waals surface area contributed by atoms with Crippen molar-refractivity contribution < 1.29 is 9.90 Å². The summed E-state index contributed by atoms with van der Waals surface area (Å²) >= 11 is 0. The number of amides is 1. The Balaban J connectivity index is 1.66. The lowest BCUT2D eigenvalue weighted by atomic mass is 10.1. The van der Waals surface area contributed by atoms with Crippen LogP contribution in [0.5, 0.6) is 0 Å². The van der Waals surface area contributed by atoms with Crippen molar-refractivity contribution in [3.63, 3.8) is 0 Å². The fourth-order valence-corrected chi connectivity index (χ4v) is 2.29. The molecule has 0 aliphatic carbocycles. The molecule has 0 saturated carbocycles. The number of hydrogen-bond acceptors (Lipinski definition) is 4. The molecular weight excluding hydrogens is 266 g/mol. The van der Waals surface area contributed by atoms with Crippen molar-refractivity contribution in [3.05, 3.63) is 54.1 Å². The zero-order valence-electron chi connectivity index (χ0n) is 11.5. The van der Waals surface area contributed by atoms with Gasteiger partial charge in [-0.05, 0) is 29.8 Å². The molecule has 0 aromatic heterocycles. The molecule has 0 saturated heterocycles. The molecule has 0 bridgehead atoms. The van der Waals surface area contributed by atoms with Crippen LogP contribution < -0.4 is 16.0 Å². The first-order valence-corrected chi connectivity index (χ1v) is 6.86. The number of benzene rings is 2. The van der Waals surface area contributed by atoms with Gasteiger partial charge in [0.05, 0.1) is 18.0 Å². The van der Waals surface area contributed by atoms with E-state index in [0.717, 1.165) is 22.6 Å². The Hall–Kier alpha value is -2.53. The van der Waals surface area contributed by atoms with Crippen LogP contribution >= 0.6 is 0 Å². The second-order valence-electron chi connectivity index (χ2n) is 4.97. The van der Waals surface area contributed by atoms with Crippen molar-refractivity contribution in [2.24, 2.45) is 0 Å². The lowest BCUT2D eigenvalue weighted by Crippen LogP contribution is -2.42. The van der Waals surface area contributed by atoms with E-state index in [-0.39, 0.29) is 18.6 Å². The van der Waals surface area contributed by atoms with Gasteiger partial charge in [-0.2, -0.15) is 0 Å². The van der Waals surface area contributed by atoms with Crippen molar-refractivity contribution in [1.82, 2.24) is 0 Å². The first-order chi connectivity index (χ1) is 10.3. The van der Waals surface area contributed by atoms with Crippen LogP contribution in [0, 0.1) is 0 Å². The topological polar surface area (TPSA) is 73.4 Å². The highest BCUT2D eigenvalue weighted by molar-refractivity contribution is 5.98. The van der Waals surface area contributed by atoms with Gasteiger partial charge in [-0.1, -0.05) is 24.3 Å². The van der Waals surface area contributed by atoms with Crippen LogP contribution in [0.1, 0.15) is 5.56 Å². The van der Waals surface area contributed by atoms with Gasteiger partial charge in [0, 0.05) is 12.2 Å². The van der Waals surface area contributed by atoms with Gasteiger partial charge in [0.2, 0.25) is 5.91 Å². The van der Waals surface area contributed by atoms with E-state index in [9.17, 15) is 4.79 Å². The number of anilines is 3. The standard InChI is InChI=1S/C16H17N3O2/c20-10-11-5-7-12(8-6-11)18-16(21)15-9-17-13-3-1-2-4-14(13)19-15/h1-8,15,17,19-20H,9-10H2,(H,18,21). The Morgan fingerprint density at radius 2 is 1.86 bits per heavy atom. The van der Waals surface area contributed by atoms with Gasteiger partial charge in [-0.25, -0.2) is 0 Å². The van der Waals surface area contributed by atoms with Crippen LogP contribution in [-0.2, 0) is 11.4 Å². The van der Waals surface area contributed by atoms with Crippen molar-refractivity contribution in [1.29, 1.82) is 0 Å². The van der Waals surface area contributed by atoms with Gasteiger partial charge in [0.15, 0.2) is 0 Å². The predicted octanol–water partition coefficient (Wildman–Crippen LogP) is 2.02. The average molecular weight is 283 g/mol. The quantitative estimate of drug-likeness (QED) is 0.695. The molecule has 3 rings (SSSR count). The van der Waals surface area contributed by atoms with E-state index in [1.54, 1.807) is 24.3 Å². The predicted molar refractivity (Wildman–Crippen MR) is 83.3 cm³/mol. The third-order valence-electron chi connectivity index (χ3n) is 3.47. The van der Waals surface area contributed by atoms with E-state index in [1.165, 1.54) is 0 Å². The number of para-hydroxylation sites is 2. The first kappa shape index (κ1) is 13.5. The van der Waals surface area contributed by atoms with Gasteiger partial charge >= 0.3 is 0 Å². The largest absolute Gasteiger partial charge is 0.392 e. The summed E-state index contributed by atoms with van der Waals surface area (Å²) < 4.78 is 0. The highest BCUT2D eigenvalue weighted by Gasteiger charge is 2.23. The number of carbonyl (C=O) groups is 1. The fraction of sp³-hybridized carbons (Fsp3) is 0.188. The van der Waals surface area contributed by atoms with Gasteiger partial charge in [-0.15, -0.1) is 0 Å². The summed E-state index contributed by atoms with van der Waals surface area (Å²) in [5.41, 5.74) is 3.48. The molecular formula is C16H17N3O2. The molecule has 0 spiro atoms. The lowest BCUT2D eigenvalue weighted by Gasteiger charge is -2.27. The van der Waals surface area contributed by atoms with E-state index >= 15 is 0 Å². The molecule has 5 nitrogen and oxygen atoms in total. The van der Waals surface area contributed by atoms with Gasteiger partial charge in [-0.3, -0.25) is 4.79 Å². The second kappa shape index (κ2) is 5.85. The van der Waals surface area contributed by atoms with Crippen LogP contribution in [0.15, 0.2) is 48.5 Å². The zero-order valence-corrected chi connectivity index (χ0v) is 11.5. The molecule has 5 heteroatoms. The van der Waals surface area contributed by atoms with Crippen molar-refractivity contribution >= 4 is 23.0 Å². The Morgan fingerprint density at radius 3 is 2.57 bits per heavy atom. The summed E-state index contributed by atoms with van der Waals surface area (Å²) in [4.78, 5) is 12.3. The summed E-state index contributed by atoms with van der Waals surface area (Å²) in [6, 6.07) is 14.6. The molecule has 1 aliphatic rings. The van der Waals surface area contributed by atoms with Crippen molar-refractivity contribution in [3.8, 4) is 0 Å². The highest BCUT2D eigenvalue weighted by atomic mass is 16.3. The maximum Gasteiger partial charge on any atom is 0.248 e. The number of aliphatic hydroxyl groups is 1. The maximum atomic E-state index is 12.3. The van der Waals surface area contributed by atoms with E-state index in [2.05, 4.69) is 16.0 Å². The van der Waals surface area contributed by atoms with Crippen LogP contribution in [0.4, 0.5) is 17.1 Å². The minimum absolute atomic E-state index is 0.000882. The molecule has 1 heterocycles. The zero-order chi connectivity index (χ0) is 14.7. The number of aliphatic hydroxyl groups excluding tert-OH is 1.